The van der Waals surface area contributed by atoms with Crippen LogP contribution < -0.4 is 10.2 Å². The first kappa shape index (κ1) is 14.7. The van der Waals surface area contributed by atoms with Crippen molar-refractivity contribution < 1.29 is 4.74 Å². The number of anilines is 1. The highest BCUT2D eigenvalue weighted by Gasteiger charge is 2.66. The summed E-state index contributed by atoms with van der Waals surface area (Å²) in [5.41, 5.74) is 1.67. The van der Waals surface area contributed by atoms with Gasteiger partial charge in [0.2, 0.25) is 0 Å². The molecule has 0 radical (unpaired) electrons. The number of piperidine rings is 1. The molecule has 2 aliphatic carbocycles. The van der Waals surface area contributed by atoms with Crippen LogP contribution in [0.15, 0.2) is 5.38 Å². The summed E-state index contributed by atoms with van der Waals surface area (Å²) in [6.45, 7) is 5.38. The van der Waals surface area contributed by atoms with Crippen molar-refractivity contribution in [3.63, 3.8) is 0 Å². The molecule has 2 aliphatic heterocycles. The molecule has 5 heteroatoms. The molecule has 1 spiro atoms. The summed E-state index contributed by atoms with van der Waals surface area (Å²) in [5.74, 6) is 0.801. The summed E-state index contributed by atoms with van der Waals surface area (Å²) >= 11 is 1.79. The SMILES string of the molecule is Cc1csc(N2CCC(N[C@@H]3[C@H]4CCO[C@H]4C34CCC4)CC2)n1. The summed E-state index contributed by atoms with van der Waals surface area (Å²) in [4.78, 5) is 7.11. The van der Waals surface area contributed by atoms with E-state index in [4.69, 9.17) is 4.74 Å². The highest BCUT2D eigenvalue weighted by atomic mass is 32.1. The predicted octanol–water partition coefficient (Wildman–Crippen LogP) is 2.97. The number of ether oxygens (including phenoxy) is 1. The number of aromatic nitrogens is 1. The third-order valence-corrected chi connectivity index (χ3v) is 7.84. The maximum absolute atomic E-state index is 6.05. The van der Waals surface area contributed by atoms with Gasteiger partial charge < -0.3 is 15.0 Å². The fourth-order valence-electron chi connectivity index (χ4n) is 5.47. The number of nitrogens with zero attached hydrogens (tertiary/aromatic N) is 2. The third-order valence-electron chi connectivity index (χ3n) is 6.82. The maximum atomic E-state index is 6.05. The van der Waals surface area contributed by atoms with Crippen LogP contribution in [0.4, 0.5) is 5.13 Å². The Morgan fingerprint density at radius 1 is 1.30 bits per heavy atom. The monoisotopic (exact) mass is 333 g/mol. The molecule has 1 N–H and O–H groups in total. The van der Waals surface area contributed by atoms with Gasteiger partial charge in [-0.3, -0.25) is 0 Å². The number of hydrogen-bond donors (Lipinski definition) is 1. The molecule has 2 saturated heterocycles. The Kier molecular flexibility index (Phi) is 3.46. The molecule has 0 unspecified atom stereocenters. The number of fused-ring (bicyclic) bond motifs is 2. The first-order chi connectivity index (χ1) is 11.3. The van der Waals surface area contributed by atoms with Crippen molar-refractivity contribution in [2.45, 2.75) is 63.6 Å². The molecule has 3 atom stereocenters. The zero-order chi connectivity index (χ0) is 15.4. The van der Waals surface area contributed by atoms with Crippen molar-refractivity contribution in [2.75, 3.05) is 24.6 Å². The zero-order valence-corrected chi connectivity index (χ0v) is 14.8. The average Bonchev–Trinajstić information content (AvgIpc) is 3.12. The van der Waals surface area contributed by atoms with Crippen LogP contribution in [-0.4, -0.2) is 42.9 Å². The van der Waals surface area contributed by atoms with Gasteiger partial charge >= 0.3 is 0 Å². The summed E-state index contributed by atoms with van der Waals surface area (Å²) < 4.78 is 6.05. The van der Waals surface area contributed by atoms with Gasteiger partial charge in [-0.25, -0.2) is 4.98 Å². The fourth-order valence-corrected chi connectivity index (χ4v) is 6.33. The number of thiazole rings is 1. The third kappa shape index (κ3) is 2.19. The van der Waals surface area contributed by atoms with E-state index < -0.39 is 0 Å². The van der Waals surface area contributed by atoms with E-state index in [0.29, 0.717) is 17.6 Å². The minimum absolute atomic E-state index is 0.519. The summed E-state index contributed by atoms with van der Waals surface area (Å²) in [7, 11) is 0. The molecule has 1 aromatic rings. The van der Waals surface area contributed by atoms with Gasteiger partial charge in [0, 0.05) is 48.5 Å². The lowest BCUT2D eigenvalue weighted by Gasteiger charge is -2.64. The second kappa shape index (κ2) is 5.43. The van der Waals surface area contributed by atoms with Gasteiger partial charge in [-0.15, -0.1) is 11.3 Å². The Labute approximate surface area is 142 Å². The number of rotatable bonds is 3. The summed E-state index contributed by atoms with van der Waals surface area (Å²) in [6.07, 6.45) is 8.57. The van der Waals surface area contributed by atoms with Gasteiger partial charge in [-0.2, -0.15) is 0 Å². The van der Waals surface area contributed by atoms with Gasteiger partial charge in [-0.05, 0) is 39.0 Å². The second-order valence-corrected chi connectivity index (χ2v) is 8.84. The van der Waals surface area contributed by atoms with E-state index in [1.807, 2.05) is 0 Å². The molecule has 0 bridgehead atoms. The summed E-state index contributed by atoms with van der Waals surface area (Å²) in [5, 5.41) is 7.45. The van der Waals surface area contributed by atoms with Gasteiger partial charge in [-0.1, -0.05) is 6.42 Å². The molecule has 23 heavy (non-hydrogen) atoms. The van der Waals surface area contributed by atoms with E-state index in [1.165, 1.54) is 43.7 Å². The van der Waals surface area contributed by atoms with Crippen LogP contribution in [-0.2, 0) is 4.74 Å². The Bertz CT molecular complexity index is 577. The lowest BCUT2D eigenvalue weighted by Crippen LogP contribution is -2.72. The minimum atomic E-state index is 0.519. The standard InChI is InChI=1S/C18H27N3OS/c1-12-11-23-17(19-12)21-8-3-13(4-9-21)20-15-14-5-10-22-16(14)18(15)6-2-7-18/h11,13-16,20H,2-10H2,1H3/t14-,15-,16-/m1/s1. The highest BCUT2D eigenvalue weighted by molar-refractivity contribution is 7.13. The number of aryl methyl sites for hydroxylation is 1. The predicted molar refractivity (Wildman–Crippen MR) is 93.1 cm³/mol. The molecular formula is C18H27N3OS. The van der Waals surface area contributed by atoms with Crippen LogP contribution in [0.2, 0.25) is 0 Å². The minimum Gasteiger partial charge on any atom is -0.377 e. The van der Waals surface area contributed by atoms with E-state index in [1.54, 1.807) is 11.3 Å². The van der Waals surface area contributed by atoms with E-state index in [-0.39, 0.29) is 0 Å². The molecule has 2 saturated carbocycles. The first-order valence-corrected chi connectivity index (χ1v) is 10.2. The van der Waals surface area contributed by atoms with Crippen LogP contribution in [0.25, 0.3) is 0 Å². The Morgan fingerprint density at radius 2 is 2.13 bits per heavy atom. The van der Waals surface area contributed by atoms with Crippen LogP contribution in [0.3, 0.4) is 0 Å². The topological polar surface area (TPSA) is 37.4 Å². The lowest BCUT2D eigenvalue weighted by atomic mass is 9.46. The zero-order valence-electron chi connectivity index (χ0n) is 14.0. The molecule has 5 rings (SSSR count). The van der Waals surface area contributed by atoms with Crippen molar-refractivity contribution in [3.8, 4) is 0 Å². The molecule has 0 amide bonds. The molecule has 4 nitrogen and oxygen atoms in total. The smallest absolute Gasteiger partial charge is 0.185 e. The fraction of sp³-hybridized carbons (Fsp3) is 0.833. The molecule has 126 valence electrons. The lowest BCUT2D eigenvalue weighted by molar-refractivity contribution is -0.178. The number of hydrogen-bond acceptors (Lipinski definition) is 5. The van der Waals surface area contributed by atoms with Crippen LogP contribution in [0.5, 0.6) is 0 Å². The Morgan fingerprint density at radius 3 is 2.78 bits per heavy atom. The Hall–Kier alpha value is -0.650. The molecule has 4 fully saturated rings. The molecular weight excluding hydrogens is 306 g/mol. The van der Waals surface area contributed by atoms with E-state index in [2.05, 4.69) is 27.5 Å². The van der Waals surface area contributed by atoms with Crippen LogP contribution >= 0.6 is 11.3 Å². The molecule has 3 heterocycles. The molecule has 4 aliphatic rings. The van der Waals surface area contributed by atoms with E-state index in [0.717, 1.165) is 37.4 Å². The van der Waals surface area contributed by atoms with Crippen molar-refractivity contribution in [2.24, 2.45) is 11.3 Å². The van der Waals surface area contributed by atoms with Crippen molar-refractivity contribution in [1.29, 1.82) is 0 Å². The van der Waals surface area contributed by atoms with Crippen molar-refractivity contribution >= 4 is 16.5 Å². The highest BCUT2D eigenvalue weighted by Crippen LogP contribution is 2.63. The second-order valence-electron chi connectivity index (χ2n) is 8.01. The maximum Gasteiger partial charge on any atom is 0.185 e. The van der Waals surface area contributed by atoms with Gasteiger partial charge in [0.25, 0.3) is 0 Å². The van der Waals surface area contributed by atoms with E-state index in [9.17, 15) is 0 Å². The average molecular weight is 334 g/mol. The molecule has 1 aromatic heterocycles. The number of nitrogens with one attached hydrogen (secondary N) is 1. The van der Waals surface area contributed by atoms with Crippen LogP contribution in [0, 0.1) is 18.3 Å². The van der Waals surface area contributed by atoms with E-state index >= 15 is 0 Å². The first-order valence-electron chi connectivity index (χ1n) is 9.31. The van der Waals surface area contributed by atoms with Crippen molar-refractivity contribution in [3.05, 3.63) is 11.1 Å². The van der Waals surface area contributed by atoms with Gasteiger partial charge in [0.1, 0.15) is 0 Å². The molecule has 0 aromatic carbocycles. The largest absolute Gasteiger partial charge is 0.377 e. The van der Waals surface area contributed by atoms with Crippen molar-refractivity contribution in [1.82, 2.24) is 10.3 Å². The van der Waals surface area contributed by atoms with Gasteiger partial charge in [0.15, 0.2) is 5.13 Å². The normalized spacial score (nSPS) is 35.9. The van der Waals surface area contributed by atoms with Gasteiger partial charge in [0.05, 0.1) is 11.8 Å². The summed E-state index contributed by atoms with van der Waals surface area (Å²) in [6, 6.07) is 1.43. The quantitative estimate of drug-likeness (QED) is 0.923. The van der Waals surface area contributed by atoms with Crippen LogP contribution in [0.1, 0.15) is 44.2 Å². The Balaban J connectivity index is 1.20.